The van der Waals surface area contributed by atoms with Crippen molar-refractivity contribution in [2.75, 3.05) is 10.6 Å². The quantitative estimate of drug-likeness (QED) is 0.668. The highest BCUT2D eigenvalue weighted by Crippen LogP contribution is 2.28. The van der Waals surface area contributed by atoms with Gasteiger partial charge < -0.3 is 10.6 Å². The minimum Gasteiger partial charge on any atom is -0.351 e. The number of benzene rings is 1. The maximum atomic E-state index is 13.9. The van der Waals surface area contributed by atoms with Gasteiger partial charge in [0.15, 0.2) is 17.5 Å². The molecule has 1 saturated carbocycles. The van der Waals surface area contributed by atoms with E-state index in [1.807, 2.05) is 6.07 Å². The number of hydrogen-bond acceptors (Lipinski definition) is 5. The van der Waals surface area contributed by atoms with Crippen LogP contribution in [0.2, 0.25) is 0 Å². The van der Waals surface area contributed by atoms with E-state index in [1.54, 1.807) is 24.5 Å². The molecule has 1 fully saturated rings. The first-order valence-corrected chi connectivity index (χ1v) is 8.06. The SMILES string of the molecule is Fc1ccc(Nc2cc(-c3cccnc3)nc(NC3CC3)n2)c(F)c1F. The minimum atomic E-state index is -1.53. The molecule has 2 heterocycles. The predicted octanol–water partition coefficient (Wildman–Crippen LogP) is 4.27. The highest BCUT2D eigenvalue weighted by Gasteiger charge is 2.23. The molecule has 0 saturated heterocycles. The molecule has 26 heavy (non-hydrogen) atoms. The first-order valence-electron chi connectivity index (χ1n) is 8.06. The van der Waals surface area contributed by atoms with E-state index in [1.165, 1.54) is 0 Å². The lowest BCUT2D eigenvalue weighted by Crippen LogP contribution is -2.08. The van der Waals surface area contributed by atoms with Gasteiger partial charge in [0.05, 0.1) is 11.4 Å². The molecular formula is C18H14F3N5. The van der Waals surface area contributed by atoms with Gasteiger partial charge >= 0.3 is 0 Å². The third-order valence-corrected chi connectivity index (χ3v) is 3.89. The molecule has 0 atom stereocenters. The number of nitrogens with one attached hydrogen (secondary N) is 2. The van der Waals surface area contributed by atoms with Gasteiger partial charge in [-0.2, -0.15) is 4.98 Å². The van der Waals surface area contributed by atoms with E-state index in [2.05, 4.69) is 25.6 Å². The number of nitrogens with zero attached hydrogens (tertiary/aromatic N) is 3. The van der Waals surface area contributed by atoms with E-state index in [4.69, 9.17) is 0 Å². The molecular weight excluding hydrogens is 343 g/mol. The topological polar surface area (TPSA) is 62.7 Å². The normalized spacial score (nSPS) is 13.5. The molecule has 0 radical (unpaired) electrons. The molecule has 0 spiro atoms. The van der Waals surface area contributed by atoms with Gasteiger partial charge in [-0.1, -0.05) is 0 Å². The van der Waals surface area contributed by atoms with Crippen molar-refractivity contribution in [2.24, 2.45) is 0 Å². The second-order valence-corrected chi connectivity index (χ2v) is 5.97. The molecule has 1 aliphatic carbocycles. The summed E-state index contributed by atoms with van der Waals surface area (Å²) in [6.45, 7) is 0. The summed E-state index contributed by atoms with van der Waals surface area (Å²) in [4.78, 5) is 12.8. The highest BCUT2D eigenvalue weighted by molar-refractivity contribution is 5.67. The van der Waals surface area contributed by atoms with Gasteiger partial charge in [-0.25, -0.2) is 18.2 Å². The average molecular weight is 357 g/mol. The maximum Gasteiger partial charge on any atom is 0.225 e. The van der Waals surface area contributed by atoms with Crippen LogP contribution in [0.15, 0.2) is 42.7 Å². The predicted molar refractivity (Wildman–Crippen MR) is 91.5 cm³/mol. The molecule has 0 amide bonds. The summed E-state index contributed by atoms with van der Waals surface area (Å²) in [5.41, 5.74) is 1.11. The third kappa shape index (κ3) is 3.44. The van der Waals surface area contributed by atoms with E-state index >= 15 is 0 Å². The third-order valence-electron chi connectivity index (χ3n) is 3.89. The van der Waals surface area contributed by atoms with Crippen molar-refractivity contribution in [1.82, 2.24) is 15.0 Å². The molecule has 3 aromatic rings. The average Bonchev–Trinajstić information content (AvgIpc) is 3.47. The molecule has 0 aliphatic heterocycles. The Balaban J connectivity index is 1.71. The number of pyridine rings is 1. The molecule has 8 heteroatoms. The monoisotopic (exact) mass is 357 g/mol. The number of anilines is 3. The first-order chi connectivity index (χ1) is 12.6. The Hall–Kier alpha value is -3.16. The smallest absolute Gasteiger partial charge is 0.225 e. The zero-order valence-corrected chi connectivity index (χ0v) is 13.5. The van der Waals surface area contributed by atoms with Crippen molar-refractivity contribution in [2.45, 2.75) is 18.9 Å². The van der Waals surface area contributed by atoms with Gasteiger partial charge in [0.1, 0.15) is 5.82 Å². The van der Waals surface area contributed by atoms with Crippen LogP contribution in [0.3, 0.4) is 0 Å². The van der Waals surface area contributed by atoms with Crippen LogP contribution in [0.25, 0.3) is 11.3 Å². The van der Waals surface area contributed by atoms with Crippen LogP contribution in [0.5, 0.6) is 0 Å². The fraction of sp³-hybridized carbons (Fsp3) is 0.167. The first kappa shape index (κ1) is 16.3. The Morgan fingerprint density at radius 1 is 1.00 bits per heavy atom. The number of aromatic nitrogens is 3. The minimum absolute atomic E-state index is 0.211. The molecule has 2 aromatic heterocycles. The van der Waals surface area contributed by atoms with Gasteiger partial charge in [-0.3, -0.25) is 4.98 Å². The van der Waals surface area contributed by atoms with Crippen molar-refractivity contribution in [3.8, 4) is 11.3 Å². The van der Waals surface area contributed by atoms with Crippen molar-refractivity contribution in [3.05, 3.63) is 60.2 Å². The van der Waals surface area contributed by atoms with E-state index in [0.29, 0.717) is 17.7 Å². The summed E-state index contributed by atoms with van der Waals surface area (Å²) in [6.07, 6.45) is 5.34. The molecule has 2 N–H and O–H groups in total. The Morgan fingerprint density at radius 3 is 2.58 bits per heavy atom. The van der Waals surface area contributed by atoms with Crippen LogP contribution in [-0.2, 0) is 0 Å². The summed E-state index contributed by atoms with van der Waals surface area (Å²) < 4.78 is 40.5. The van der Waals surface area contributed by atoms with Crippen LogP contribution in [-0.4, -0.2) is 21.0 Å². The van der Waals surface area contributed by atoms with E-state index in [-0.39, 0.29) is 11.5 Å². The molecule has 4 rings (SSSR count). The van der Waals surface area contributed by atoms with Crippen LogP contribution in [0, 0.1) is 17.5 Å². The Morgan fingerprint density at radius 2 is 1.85 bits per heavy atom. The van der Waals surface area contributed by atoms with Crippen LogP contribution in [0.1, 0.15) is 12.8 Å². The lowest BCUT2D eigenvalue weighted by molar-refractivity contribution is 0.449. The van der Waals surface area contributed by atoms with E-state index < -0.39 is 17.5 Å². The Bertz CT molecular complexity index is 945. The van der Waals surface area contributed by atoms with Crippen molar-refractivity contribution >= 4 is 17.5 Å². The van der Waals surface area contributed by atoms with Crippen LogP contribution in [0.4, 0.5) is 30.6 Å². The fourth-order valence-corrected chi connectivity index (χ4v) is 2.41. The van der Waals surface area contributed by atoms with Crippen molar-refractivity contribution in [1.29, 1.82) is 0 Å². The van der Waals surface area contributed by atoms with Gasteiger partial charge in [0, 0.05) is 30.1 Å². The largest absolute Gasteiger partial charge is 0.351 e. The van der Waals surface area contributed by atoms with Crippen molar-refractivity contribution in [3.63, 3.8) is 0 Å². The highest BCUT2D eigenvalue weighted by atomic mass is 19.2. The molecule has 1 aromatic carbocycles. The Labute approximate surface area is 147 Å². The second kappa shape index (κ2) is 6.62. The lowest BCUT2D eigenvalue weighted by Gasteiger charge is -2.12. The number of rotatable bonds is 5. The fourth-order valence-electron chi connectivity index (χ4n) is 2.41. The van der Waals surface area contributed by atoms with Gasteiger partial charge in [0.2, 0.25) is 5.95 Å². The molecule has 0 unspecified atom stereocenters. The lowest BCUT2D eigenvalue weighted by atomic mass is 10.2. The molecule has 132 valence electrons. The summed E-state index contributed by atoms with van der Waals surface area (Å²) in [6, 6.07) is 7.48. The molecule has 5 nitrogen and oxygen atoms in total. The summed E-state index contributed by atoms with van der Waals surface area (Å²) >= 11 is 0. The van der Waals surface area contributed by atoms with Crippen molar-refractivity contribution < 1.29 is 13.2 Å². The number of hydrogen-bond donors (Lipinski definition) is 2. The second-order valence-electron chi connectivity index (χ2n) is 5.97. The molecule has 0 bridgehead atoms. The van der Waals surface area contributed by atoms with Gasteiger partial charge in [-0.05, 0) is 37.1 Å². The van der Waals surface area contributed by atoms with Gasteiger partial charge in [-0.15, -0.1) is 0 Å². The zero-order valence-electron chi connectivity index (χ0n) is 13.5. The van der Waals surface area contributed by atoms with E-state index in [0.717, 1.165) is 30.5 Å². The van der Waals surface area contributed by atoms with Gasteiger partial charge in [0.25, 0.3) is 0 Å². The van der Waals surface area contributed by atoms with Crippen LogP contribution >= 0.6 is 0 Å². The molecule has 1 aliphatic rings. The standard InChI is InChI=1S/C18H14F3N5/c19-12-5-6-13(17(21)16(12)20)24-15-8-14(10-2-1-7-22-9-10)25-18(26-15)23-11-3-4-11/h1-2,5-9,11H,3-4H2,(H2,23,24,25,26). The number of halogens is 3. The summed E-state index contributed by atoms with van der Waals surface area (Å²) in [5, 5.41) is 5.87. The Kier molecular flexibility index (Phi) is 4.16. The summed E-state index contributed by atoms with van der Waals surface area (Å²) in [7, 11) is 0. The van der Waals surface area contributed by atoms with E-state index in [9.17, 15) is 13.2 Å². The summed E-state index contributed by atoms with van der Waals surface area (Å²) in [5.74, 6) is -3.45. The maximum absolute atomic E-state index is 13.9. The van der Waals surface area contributed by atoms with Crippen LogP contribution < -0.4 is 10.6 Å². The zero-order chi connectivity index (χ0) is 18.1.